The SMILES string of the molecule is O=C(NCC(F)F)Nc1ccc(O)c(C(=O)O)c1. The van der Waals surface area contributed by atoms with E-state index in [2.05, 4.69) is 5.32 Å². The van der Waals surface area contributed by atoms with Crippen LogP contribution in [0.4, 0.5) is 19.3 Å². The third-order valence-corrected chi connectivity index (χ3v) is 1.90. The Morgan fingerprint density at radius 1 is 1.33 bits per heavy atom. The molecule has 1 aromatic rings. The van der Waals surface area contributed by atoms with E-state index in [1.165, 1.54) is 6.07 Å². The van der Waals surface area contributed by atoms with Gasteiger partial charge in [-0.05, 0) is 18.2 Å². The molecule has 0 aliphatic rings. The molecule has 2 amide bonds. The zero-order chi connectivity index (χ0) is 13.7. The average Bonchev–Trinajstić information content (AvgIpc) is 2.28. The van der Waals surface area contributed by atoms with E-state index in [4.69, 9.17) is 5.11 Å². The maximum atomic E-state index is 11.8. The van der Waals surface area contributed by atoms with Crippen molar-refractivity contribution >= 4 is 17.7 Å². The van der Waals surface area contributed by atoms with Gasteiger partial charge in [-0.15, -0.1) is 0 Å². The summed E-state index contributed by atoms with van der Waals surface area (Å²) in [4.78, 5) is 21.8. The molecule has 0 atom stereocenters. The first kappa shape index (κ1) is 13.7. The van der Waals surface area contributed by atoms with Crippen LogP contribution in [-0.2, 0) is 0 Å². The van der Waals surface area contributed by atoms with Gasteiger partial charge in [0.1, 0.15) is 11.3 Å². The van der Waals surface area contributed by atoms with E-state index in [9.17, 15) is 23.5 Å². The van der Waals surface area contributed by atoms with Gasteiger partial charge in [-0.1, -0.05) is 0 Å². The first-order valence-corrected chi connectivity index (χ1v) is 4.79. The maximum absolute atomic E-state index is 11.8. The van der Waals surface area contributed by atoms with E-state index in [0.29, 0.717) is 0 Å². The lowest BCUT2D eigenvalue weighted by Gasteiger charge is -2.08. The Morgan fingerprint density at radius 2 is 2.00 bits per heavy atom. The minimum atomic E-state index is -2.68. The van der Waals surface area contributed by atoms with E-state index in [1.807, 2.05) is 5.32 Å². The molecule has 0 aliphatic heterocycles. The number of rotatable bonds is 4. The van der Waals surface area contributed by atoms with Crippen LogP contribution in [0.25, 0.3) is 0 Å². The standard InChI is InChI=1S/C10H10F2N2O4/c11-8(12)4-13-10(18)14-5-1-2-7(15)6(3-5)9(16)17/h1-3,8,15H,4H2,(H,16,17)(H2,13,14,18). The van der Waals surface area contributed by atoms with Crippen molar-refractivity contribution in [1.29, 1.82) is 0 Å². The average molecular weight is 260 g/mol. The van der Waals surface area contributed by atoms with Gasteiger partial charge in [0.15, 0.2) is 0 Å². The summed E-state index contributed by atoms with van der Waals surface area (Å²) in [7, 11) is 0. The number of halogens is 2. The van der Waals surface area contributed by atoms with Crippen molar-refractivity contribution in [2.75, 3.05) is 11.9 Å². The van der Waals surface area contributed by atoms with Crippen LogP contribution in [0.15, 0.2) is 18.2 Å². The molecule has 18 heavy (non-hydrogen) atoms. The van der Waals surface area contributed by atoms with Gasteiger partial charge < -0.3 is 20.8 Å². The molecule has 0 heterocycles. The smallest absolute Gasteiger partial charge is 0.339 e. The molecular formula is C10H10F2N2O4. The van der Waals surface area contributed by atoms with Gasteiger partial charge in [0.05, 0.1) is 6.54 Å². The lowest BCUT2D eigenvalue weighted by molar-refractivity contribution is 0.0693. The number of aromatic carboxylic acids is 1. The van der Waals surface area contributed by atoms with Crippen molar-refractivity contribution in [2.45, 2.75) is 6.43 Å². The molecule has 0 fully saturated rings. The third kappa shape index (κ3) is 3.89. The molecule has 0 saturated carbocycles. The number of carbonyl (C=O) groups is 2. The van der Waals surface area contributed by atoms with Crippen molar-refractivity contribution in [1.82, 2.24) is 5.32 Å². The minimum absolute atomic E-state index is 0.0666. The van der Waals surface area contributed by atoms with Crippen LogP contribution in [0.3, 0.4) is 0 Å². The number of hydrogen-bond acceptors (Lipinski definition) is 3. The summed E-state index contributed by atoms with van der Waals surface area (Å²) in [6, 6.07) is 2.44. The Bertz CT molecular complexity index is 465. The lowest BCUT2D eigenvalue weighted by Crippen LogP contribution is -2.32. The summed E-state index contributed by atoms with van der Waals surface area (Å²) in [5.74, 6) is -1.83. The molecule has 0 saturated heterocycles. The van der Waals surface area contributed by atoms with Crippen LogP contribution in [0, 0.1) is 0 Å². The number of hydrogen-bond donors (Lipinski definition) is 4. The Hall–Kier alpha value is -2.38. The van der Waals surface area contributed by atoms with E-state index in [1.54, 1.807) is 0 Å². The van der Waals surface area contributed by atoms with Gasteiger partial charge in [0, 0.05) is 5.69 Å². The molecule has 98 valence electrons. The maximum Gasteiger partial charge on any atom is 0.339 e. The van der Waals surface area contributed by atoms with Gasteiger partial charge in [-0.25, -0.2) is 18.4 Å². The molecule has 0 aromatic heterocycles. The second kappa shape index (κ2) is 5.80. The number of carbonyl (C=O) groups excluding carboxylic acids is 1. The highest BCUT2D eigenvalue weighted by Gasteiger charge is 2.12. The van der Waals surface area contributed by atoms with Gasteiger partial charge in [0.25, 0.3) is 6.43 Å². The largest absolute Gasteiger partial charge is 0.507 e. The van der Waals surface area contributed by atoms with E-state index in [-0.39, 0.29) is 5.69 Å². The zero-order valence-corrected chi connectivity index (χ0v) is 8.98. The minimum Gasteiger partial charge on any atom is -0.507 e. The Balaban J connectivity index is 2.70. The molecule has 6 nitrogen and oxygen atoms in total. The normalized spacial score (nSPS) is 10.2. The highest BCUT2D eigenvalue weighted by atomic mass is 19.3. The predicted octanol–water partition coefficient (Wildman–Crippen LogP) is 1.48. The molecular weight excluding hydrogens is 250 g/mol. The van der Waals surface area contributed by atoms with E-state index in [0.717, 1.165) is 12.1 Å². The van der Waals surface area contributed by atoms with E-state index < -0.39 is 36.3 Å². The summed E-state index contributed by atoms with van der Waals surface area (Å²) in [5, 5.41) is 22.0. The number of carboxylic acids is 1. The first-order valence-electron chi connectivity index (χ1n) is 4.79. The number of alkyl halides is 2. The topological polar surface area (TPSA) is 98.7 Å². The van der Waals surface area contributed by atoms with Crippen molar-refractivity contribution in [3.63, 3.8) is 0 Å². The first-order chi connectivity index (χ1) is 8.40. The molecule has 0 bridgehead atoms. The van der Waals surface area contributed by atoms with Crippen molar-refractivity contribution < 1.29 is 28.6 Å². The lowest BCUT2D eigenvalue weighted by atomic mass is 10.2. The molecule has 1 rings (SSSR count). The van der Waals surface area contributed by atoms with Crippen LogP contribution in [0.1, 0.15) is 10.4 Å². The molecule has 4 N–H and O–H groups in total. The van der Waals surface area contributed by atoms with Gasteiger partial charge in [-0.3, -0.25) is 0 Å². The van der Waals surface area contributed by atoms with E-state index >= 15 is 0 Å². The number of anilines is 1. The van der Waals surface area contributed by atoms with Crippen LogP contribution >= 0.6 is 0 Å². The van der Waals surface area contributed by atoms with Crippen LogP contribution in [0.5, 0.6) is 5.75 Å². The number of benzene rings is 1. The predicted molar refractivity (Wildman–Crippen MR) is 58.1 cm³/mol. The summed E-state index contributed by atoms with van der Waals surface area (Å²) >= 11 is 0. The quantitative estimate of drug-likeness (QED) is 0.616. The number of phenols is 1. The molecule has 8 heteroatoms. The number of aromatic hydroxyl groups is 1. The fourth-order valence-electron chi connectivity index (χ4n) is 1.13. The number of amides is 2. The van der Waals surface area contributed by atoms with Gasteiger partial charge in [-0.2, -0.15) is 0 Å². The second-order valence-corrected chi connectivity index (χ2v) is 3.26. The monoisotopic (exact) mass is 260 g/mol. The fourth-order valence-corrected chi connectivity index (χ4v) is 1.13. The Kier molecular flexibility index (Phi) is 4.41. The molecule has 0 unspecified atom stereocenters. The third-order valence-electron chi connectivity index (χ3n) is 1.90. The second-order valence-electron chi connectivity index (χ2n) is 3.26. The molecule has 0 spiro atoms. The highest BCUT2D eigenvalue weighted by Crippen LogP contribution is 2.21. The van der Waals surface area contributed by atoms with Crippen LogP contribution < -0.4 is 10.6 Å². The van der Waals surface area contributed by atoms with Crippen molar-refractivity contribution in [3.8, 4) is 5.75 Å². The van der Waals surface area contributed by atoms with Gasteiger partial charge >= 0.3 is 12.0 Å². The zero-order valence-electron chi connectivity index (χ0n) is 8.98. The molecule has 0 radical (unpaired) electrons. The van der Waals surface area contributed by atoms with Crippen LogP contribution in [-0.4, -0.2) is 35.2 Å². The molecule has 1 aromatic carbocycles. The number of nitrogens with one attached hydrogen (secondary N) is 2. The Morgan fingerprint density at radius 3 is 2.56 bits per heavy atom. The van der Waals surface area contributed by atoms with Crippen molar-refractivity contribution in [3.05, 3.63) is 23.8 Å². The summed E-state index contributed by atoms with van der Waals surface area (Å²) < 4.78 is 23.6. The van der Waals surface area contributed by atoms with Crippen LogP contribution in [0.2, 0.25) is 0 Å². The summed E-state index contributed by atoms with van der Waals surface area (Å²) in [5.41, 5.74) is -0.335. The fraction of sp³-hybridized carbons (Fsp3) is 0.200. The van der Waals surface area contributed by atoms with Crippen molar-refractivity contribution in [2.24, 2.45) is 0 Å². The highest BCUT2D eigenvalue weighted by molar-refractivity contribution is 5.95. The molecule has 0 aliphatic carbocycles. The number of urea groups is 1. The summed E-state index contributed by atoms with van der Waals surface area (Å²) in [6.07, 6.45) is -2.68. The number of carboxylic acid groups (broad SMARTS) is 1. The Labute approximate surface area is 100 Å². The van der Waals surface area contributed by atoms with Gasteiger partial charge in [0.2, 0.25) is 0 Å². The summed E-state index contributed by atoms with van der Waals surface area (Å²) in [6.45, 7) is -0.810.